The Labute approximate surface area is 139 Å². The van der Waals surface area contributed by atoms with Gasteiger partial charge in [0.15, 0.2) is 0 Å². The first kappa shape index (κ1) is 18.0. The number of hydrogen-bond acceptors (Lipinski definition) is 0. The second-order valence-corrected chi connectivity index (χ2v) is 6.91. The molecule has 1 rings (SSSR count). The van der Waals surface area contributed by atoms with Crippen LogP contribution < -0.4 is 0 Å². The molecule has 0 N–H and O–H groups in total. The topological polar surface area (TPSA) is 0 Å². The number of alkyl halides is 1. The number of unbranched alkanes of at least 4 members (excludes halogenated alkanes) is 8. The molecule has 0 bridgehead atoms. The number of benzene rings is 1. The summed E-state index contributed by atoms with van der Waals surface area (Å²) in [5.74, 6) is 0. The van der Waals surface area contributed by atoms with E-state index in [-0.39, 0.29) is 0 Å². The Morgan fingerprint density at radius 3 is 1.60 bits per heavy atom. The fraction of sp³-hybridized carbons (Fsp3) is 0.684. The van der Waals surface area contributed by atoms with Gasteiger partial charge in [-0.2, -0.15) is 0 Å². The Bertz CT molecular complexity index is 315. The Balaban J connectivity index is 1.98. The van der Waals surface area contributed by atoms with Crippen molar-refractivity contribution in [2.45, 2.75) is 77.6 Å². The van der Waals surface area contributed by atoms with Crippen molar-refractivity contribution in [2.75, 3.05) is 4.43 Å². The molecular formula is C19H31I. The summed E-state index contributed by atoms with van der Waals surface area (Å²) in [4.78, 5) is 0. The van der Waals surface area contributed by atoms with Gasteiger partial charge in [-0.15, -0.1) is 0 Å². The molecule has 0 heterocycles. The SMILES string of the molecule is CCCCCCCCCCCc1ccc(CCI)cc1. The first-order chi connectivity index (χ1) is 9.86. The summed E-state index contributed by atoms with van der Waals surface area (Å²) in [6, 6.07) is 9.27. The molecule has 0 fully saturated rings. The zero-order valence-electron chi connectivity index (χ0n) is 13.2. The Hall–Kier alpha value is -0.0500. The van der Waals surface area contributed by atoms with E-state index in [2.05, 4.69) is 53.8 Å². The molecule has 1 aromatic rings. The van der Waals surface area contributed by atoms with Gasteiger partial charge in [-0.3, -0.25) is 0 Å². The third kappa shape index (κ3) is 8.99. The van der Waals surface area contributed by atoms with Crippen molar-refractivity contribution in [1.82, 2.24) is 0 Å². The van der Waals surface area contributed by atoms with E-state index in [1.165, 1.54) is 86.2 Å². The quantitative estimate of drug-likeness (QED) is 0.212. The van der Waals surface area contributed by atoms with E-state index in [9.17, 15) is 0 Å². The van der Waals surface area contributed by atoms with E-state index in [1.54, 1.807) is 0 Å². The summed E-state index contributed by atoms with van der Waals surface area (Å²) < 4.78 is 1.22. The van der Waals surface area contributed by atoms with E-state index in [0.29, 0.717) is 0 Å². The molecule has 0 radical (unpaired) electrons. The molecule has 0 aliphatic heterocycles. The van der Waals surface area contributed by atoms with Gasteiger partial charge in [-0.05, 0) is 30.4 Å². The first-order valence-corrected chi connectivity index (χ1v) is 10.0. The maximum Gasteiger partial charge on any atom is 0.00358 e. The van der Waals surface area contributed by atoms with Gasteiger partial charge < -0.3 is 0 Å². The minimum absolute atomic E-state index is 1.21. The van der Waals surface area contributed by atoms with Gasteiger partial charge in [0.2, 0.25) is 0 Å². The van der Waals surface area contributed by atoms with Gasteiger partial charge >= 0.3 is 0 Å². The van der Waals surface area contributed by atoms with Crippen molar-refractivity contribution in [3.8, 4) is 0 Å². The Kier molecular flexibility index (Phi) is 11.4. The van der Waals surface area contributed by atoms with Crippen LogP contribution in [0.25, 0.3) is 0 Å². The Morgan fingerprint density at radius 1 is 0.650 bits per heavy atom. The van der Waals surface area contributed by atoms with Crippen molar-refractivity contribution in [2.24, 2.45) is 0 Å². The molecule has 0 aliphatic rings. The average molecular weight is 386 g/mol. The summed E-state index contributed by atoms with van der Waals surface area (Å²) in [5, 5.41) is 0. The van der Waals surface area contributed by atoms with E-state index in [0.717, 1.165) is 0 Å². The lowest BCUT2D eigenvalue weighted by Gasteiger charge is -2.04. The highest BCUT2D eigenvalue weighted by Crippen LogP contribution is 2.13. The van der Waals surface area contributed by atoms with Crippen LogP contribution in [0.1, 0.15) is 75.8 Å². The van der Waals surface area contributed by atoms with E-state index in [1.807, 2.05) is 0 Å². The lowest BCUT2D eigenvalue weighted by Crippen LogP contribution is -1.89. The maximum absolute atomic E-state index is 2.45. The number of rotatable bonds is 12. The average Bonchev–Trinajstić information content (AvgIpc) is 2.47. The highest BCUT2D eigenvalue weighted by Gasteiger charge is 1.96. The summed E-state index contributed by atoms with van der Waals surface area (Å²) >= 11 is 2.45. The molecule has 0 spiro atoms. The predicted molar refractivity (Wildman–Crippen MR) is 100.0 cm³/mol. The zero-order valence-corrected chi connectivity index (χ0v) is 15.3. The van der Waals surface area contributed by atoms with Crippen LogP contribution in [0.2, 0.25) is 0 Å². The molecule has 0 nitrogen and oxygen atoms in total. The van der Waals surface area contributed by atoms with Crippen LogP contribution in [0.4, 0.5) is 0 Å². The van der Waals surface area contributed by atoms with Crippen molar-refractivity contribution in [1.29, 1.82) is 0 Å². The molecule has 0 saturated carbocycles. The van der Waals surface area contributed by atoms with Gasteiger partial charge in [-0.25, -0.2) is 0 Å². The van der Waals surface area contributed by atoms with Crippen LogP contribution >= 0.6 is 22.6 Å². The summed E-state index contributed by atoms with van der Waals surface area (Å²) in [6.45, 7) is 2.29. The summed E-state index contributed by atoms with van der Waals surface area (Å²) in [6.07, 6.45) is 15.2. The molecule has 0 atom stereocenters. The molecule has 114 valence electrons. The van der Waals surface area contributed by atoms with Gasteiger partial charge in [0.05, 0.1) is 0 Å². The minimum Gasteiger partial charge on any atom is -0.0860 e. The number of hydrogen-bond donors (Lipinski definition) is 0. The molecular weight excluding hydrogens is 355 g/mol. The summed E-state index contributed by atoms with van der Waals surface area (Å²) in [7, 11) is 0. The highest BCUT2D eigenvalue weighted by atomic mass is 127. The predicted octanol–water partition coefficient (Wildman–Crippen LogP) is 6.74. The number of halogens is 1. The fourth-order valence-corrected chi connectivity index (χ4v) is 3.24. The van der Waals surface area contributed by atoms with E-state index >= 15 is 0 Å². The zero-order chi connectivity index (χ0) is 14.5. The molecule has 0 aliphatic carbocycles. The van der Waals surface area contributed by atoms with Crippen LogP contribution in [0.3, 0.4) is 0 Å². The maximum atomic E-state index is 2.45. The molecule has 1 heteroatoms. The largest absolute Gasteiger partial charge is 0.0860 e. The van der Waals surface area contributed by atoms with Crippen LogP contribution in [0, 0.1) is 0 Å². The third-order valence-corrected chi connectivity index (χ3v) is 4.51. The van der Waals surface area contributed by atoms with Crippen molar-refractivity contribution >= 4 is 22.6 Å². The Morgan fingerprint density at radius 2 is 1.10 bits per heavy atom. The van der Waals surface area contributed by atoms with Gasteiger partial charge in [-0.1, -0.05) is 105 Å². The van der Waals surface area contributed by atoms with Gasteiger partial charge in [0.1, 0.15) is 0 Å². The lowest BCUT2D eigenvalue weighted by molar-refractivity contribution is 0.565. The second kappa shape index (κ2) is 12.7. The standard InChI is InChI=1S/C19H31I/c1-2-3-4-5-6-7-8-9-10-11-18-12-14-19(15-13-18)16-17-20/h12-15H,2-11,16-17H2,1H3. The minimum atomic E-state index is 1.21. The van der Waals surface area contributed by atoms with Crippen LogP contribution in [0.5, 0.6) is 0 Å². The molecule has 20 heavy (non-hydrogen) atoms. The van der Waals surface area contributed by atoms with Crippen LogP contribution in [0.15, 0.2) is 24.3 Å². The van der Waals surface area contributed by atoms with Crippen LogP contribution in [-0.4, -0.2) is 4.43 Å². The van der Waals surface area contributed by atoms with Gasteiger partial charge in [0.25, 0.3) is 0 Å². The monoisotopic (exact) mass is 386 g/mol. The molecule has 0 amide bonds. The van der Waals surface area contributed by atoms with Crippen molar-refractivity contribution in [3.63, 3.8) is 0 Å². The normalized spacial score (nSPS) is 10.9. The molecule has 0 unspecified atom stereocenters. The summed E-state index contributed by atoms with van der Waals surface area (Å²) in [5.41, 5.74) is 3.00. The van der Waals surface area contributed by atoms with E-state index < -0.39 is 0 Å². The van der Waals surface area contributed by atoms with Crippen LogP contribution in [-0.2, 0) is 12.8 Å². The second-order valence-electron chi connectivity index (χ2n) is 5.83. The molecule has 1 aromatic carbocycles. The molecule has 0 aromatic heterocycles. The first-order valence-electron chi connectivity index (χ1n) is 8.50. The highest BCUT2D eigenvalue weighted by molar-refractivity contribution is 14.1. The number of aryl methyl sites for hydroxylation is 2. The van der Waals surface area contributed by atoms with Crippen molar-refractivity contribution < 1.29 is 0 Å². The van der Waals surface area contributed by atoms with Crippen molar-refractivity contribution in [3.05, 3.63) is 35.4 Å². The molecule has 0 saturated heterocycles. The smallest absolute Gasteiger partial charge is 0.00358 e. The lowest BCUT2D eigenvalue weighted by atomic mass is 10.0. The fourth-order valence-electron chi connectivity index (χ4n) is 2.62. The van der Waals surface area contributed by atoms with E-state index in [4.69, 9.17) is 0 Å². The van der Waals surface area contributed by atoms with Gasteiger partial charge in [0, 0.05) is 4.43 Å². The third-order valence-electron chi connectivity index (χ3n) is 3.98.